The Labute approximate surface area is 205 Å². The lowest BCUT2D eigenvalue weighted by Crippen LogP contribution is -2.55. The molecule has 2 bridgehead atoms. The molecular weight excluding hydrogens is 442 g/mol. The zero-order chi connectivity index (χ0) is 25.2. The minimum absolute atomic E-state index is 0.00779. The molecule has 2 aliphatic rings. The first-order valence-electron chi connectivity index (χ1n) is 11.9. The molecule has 1 saturated heterocycles. The van der Waals surface area contributed by atoms with Crippen molar-refractivity contribution in [2.45, 2.75) is 70.2 Å². The number of piperidine rings is 1. The molecular formula is C27H29N5O3. The number of carbonyl (C=O) groups excluding carboxylic acids is 2. The molecule has 1 aromatic heterocycles. The van der Waals surface area contributed by atoms with Crippen LogP contribution in [0.25, 0.3) is 11.1 Å². The molecule has 2 fully saturated rings. The van der Waals surface area contributed by atoms with Gasteiger partial charge in [-0.25, -0.2) is 9.78 Å². The number of carbonyl (C=O) groups is 2. The second kappa shape index (κ2) is 9.76. The second-order valence-corrected chi connectivity index (χ2v) is 10.2. The van der Waals surface area contributed by atoms with Gasteiger partial charge in [-0.05, 0) is 74.8 Å². The lowest BCUT2D eigenvalue weighted by molar-refractivity contribution is -0.128. The van der Waals surface area contributed by atoms with Gasteiger partial charge < -0.3 is 10.1 Å². The third-order valence-corrected chi connectivity index (χ3v) is 6.53. The summed E-state index contributed by atoms with van der Waals surface area (Å²) in [6.07, 6.45) is 4.02. The van der Waals surface area contributed by atoms with Gasteiger partial charge in [0.1, 0.15) is 29.4 Å². The van der Waals surface area contributed by atoms with Crippen LogP contribution in [0.2, 0.25) is 0 Å². The topological polar surface area (TPSA) is 119 Å². The lowest BCUT2D eigenvalue weighted by atomic mass is 9.97. The van der Waals surface area contributed by atoms with E-state index in [1.54, 1.807) is 17.2 Å². The van der Waals surface area contributed by atoms with Crippen LogP contribution in [0.3, 0.4) is 0 Å². The van der Waals surface area contributed by atoms with Gasteiger partial charge in [0.2, 0.25) is 5.91 Å². The fraction of sp³-hybridized carbons (Fsp3) is 0.444. The molecule has 1 saturated carbocycles. The van der Waals surface area contributed by atoms with Crippen molar-refractivity contribution in [2.24, 2.45) is 5.92 Å². The smallest absolute Gasteiger partial charge is 0.411 e. The number of rotatable bonds is 5. The van der Waals surface area contributed by atoms with Crippen LogP contribution in [0.1, 0.15) is 51.3 Å². The molecule has 0 spiro atoms. The summed E-state index contributed by atoms with van der Waals surface area (Å²) < 4.78 is 5.56. The van der Waals surface area contributed by atoms with Gasteiger partial charge in [-0.1, -0.05) is 24.3 Å². The number of amides is 2. The predicted octanol–water partition coefficient (Wildman–Crippen LogP) is 3.96. The molecule has 8 nitrogen and oxygen atoms in total. The third-order valence-electron chi connectivity index (χ3n) is 6.53. The maximum atomic E-state index is 13.2. The maximum absolute atomic E-state index is 13.2. The highest BCUT2D eigenvalue weighted by Gasteiger charge is 2.52. The van der Waals surface area contributed by atoms with Gasteiger partial charge in [0.25, 0.3) is 0 Å². The molecule has 8 heteroatoms. The zero-order valence-electron chi connectivity index (χ0n) is 20.2. The van der Waals surface area contributed by atoms with Crippen molar-refractivity contribution in [1.82, 2.24) is 15.2 Å². The monoisotopic (exact) mass is 471 g/mol. The minimum Gasteiger partial charge on any atom is -0.444 e. The molecule has 1 aromatic carbocycles. The summed E-state index contributed by atoms with van der Waals surface area (Å²) in [6.45, 7) is 5.42. The van der Waals surface area contributed by atoms with Crippen molar-refractivity contribution < 1.29 is 14.3 Å². The number of hydrogen-bond donors (Lipinski definition) is 1. The van der Waals surface area contributed by atoms with Crippen LogP contribution in [-0.4, -0.2) is 45.6 Å². The molecule has 1 aliphatic heterocycles. The van der Waals surface area contributed by atoms with Crippen LogP contribution < -0.4 is 5.32 Å². The summed E-state index contributed by atoms with van der Waals surface area (Å²) >= 11 is 0. The Bertz CT molecular complexity index is 1190. The number of nitriles is 2. The molecule has 2 amide bonds. The molecule has 4 atom stereocenters. The van der Waals surface area contributed by atoms with E-state index in [1.807, 2.05) is 57.2 Å². The average molecular weight is 472 g/mol. The van der Waals surface area contributed by atoms with Crippen molar-refractivity contribution in [1.29, 1.82) is 10.5 Å². The number of aromatic nitrogens is 1. The highest BCUT2D eigenvalue weighted by molar-refractivity contribution is 5.87. The van der Waals surface area contributed by atoms with Gasteiger partial charge in [-0.3, -0.25) is 9.69 Å². The minimum atomic E-state index is -0.723. The predicted molar refractivity (Wildman–Crippen MR) is 129 cm³/mol. The number of nitrogens with one attached hydrogen (secondary N) is 1. The first-order valence-corrected chi connectivity index (χ1v) is 11.9. The number of hydrogen-bond acceptors (Lipinski definition) is 6. The Morgan fingerprint density at radius 1 is 1.17 bits per heavy atom. The van der Waals surface area contributed by atoms with Crippen molar-refractivity contribution >= 4 is 12.0 Å². The lowest BCUT2D eigenvalue weighted by Gasteiger charge is -2.35. The van der Waals surface area contributed by atoms with E-state index in [4.69, 9.17) is 10.00 Å². The summed E-state index contributed by atoms with van der Waals surface area (Å²) in [5.74, 6) is -0.211. The van der Waals surface area contributed by atoms with Crippen LogP contribution in [0.5, 0.6) is 0 Å². The van der Waals surface area contributed by atoms with Crippen LogP contribution in [0, 0.1) is 28.6 Å². The van der Waals surface area contributed by atoms with Crippen LogP contribution in [-0.2, 0) is 16.0 Å². The Hall–Kier alpha value is -3.91. The molecule has 1 N–H and O–H groups in total. The molecule has 2 heterocycles. The summed E-state index contributed by atoms with van der Waals surface area (Å²) in [4.78, 5) is 31.6. The van der Waals surface area contributed by atoms with E-state index in [0.29, 0.717) is 12.1 Å². The standard InChI is InChI=1S/C27H29N5O3/c1-27(2,3)35-26(34)32-23-9-8-20(14-23)24(32)25(33)31-22(16-29)12-17-4-6-18(7-5-17)19-10-11-30-21(13-19)15-28/h4-7,10-11,13,20,22-24H,8-9,12,14H2,1-3H3,(H,31,33)/t20-,22-,23+,24-/m0/s1. The van der Waals surface area contributed by atoms with E-state index in [2.05, 4.69) is 16.4 Å². The van der Waals surface area contributed by atoms with E-state index in [1.165, 1.54) is 0 Å². The van der Waals surface area contributed by atoms with E-state index >= 15 is 0 Å². The second-order valence-electron chi connectivity index (χ2n) is 10.2. The number of ether oxygens (including phenoxy) is 1. The third kappa shape index (κ3) is 5.44. The SMILES string of the molecule is CC(C)(C)OC(=O)N1[C@@H]2CC[C@@H](C2)[C@H]1C(=O)N[C@H](C#N)Cc1ccc(-c2ccnc(C#N)c2)cc1. The van der Waals surface area contributed by atoms with E-state index in [9.17, 15) is 14.9 Å². The zero-order valence-corrected chi connectivity index (χ0v) is 20.2. The fourth-order valence-corrected chi connectivity index (χ4v) is 5.03. The van der Waals surface area contributed by atoms with E-state index in [-0.39, 0.29) is 17.9 Å². The van der Waals surface area contributed by atoms with Gasteiger partial charge >= 0.3 is 6.09 Å². The Kier molecular flexibility index (Phi) is 6.75. The molecule has 1 aliphatic carbocycles. The number of benzene rings is 1. The van der Waals surface area contributed by atoms with Crippen molar-refractivity contribution in [3.8, 4) is 23.3 Å². The van der Waals surface area contributed by atoms with E-state index in [0.717, 1.165) is 36.0 Å². The van der Waals surface area contributed by atoms with Gasteiger partial charge in [-0.2, -0.15) is 10.5 Å². The Balaban J connectivity index is 1.42. The quantitative estimate of drug-likeness (QED) is 0.705. The number of likely N-dealkylation sites (tertiary alicyclic amines) is 1. The Morgan fingerprint density at radius 3 is 2.57 bits per heavy atom. The van der Waals surface area contributed by atoms with E-state index < -0.39 is 23.8 Å². The van der Waals surface area contributed by atoms with Gasteiger partial charge in [0, 0.05) is 18.7 Å². The number of nitrogens with zero attached hydrogens (tertiary/aromatic N) is 4. The number of pyridine rings is 1. The highest BCUT2D eigenvalue weighted by atomic mass is 16.6. The number of fused-ring (bicyclic) bond motifs is 2. The van der Waals surface area contributed by atoms with Gasteiger partial charge in [0.15, 0.2) is 0 Å². The summed E-state index contributed by atoms with van der Waals surface area (Å²) in [7, 11) is 0. The molecule has 2 aromatic rings. The van der Waals surface area contributed by atoms with Crippen LogP contribution >= 0.6 is 0 Å². The van der Waals surface area contributed by atoms with Gasteiger partial charge in [-0.15, -0.1) is 0 Å². The molecule has 0 unspecified atom stereocenters. The normalized spacial score (nSPS) is 21.6. The van der Waals surface area contributed by atoms with Gasteiger partial charge in [0.05, 0.1) is 6.07 Å². The fourth-order valence-electron chi connectivity index (χ4n) is 5.03. The first-order chi connectivity index (χ1) is 16.7. The summed E-state index contributed by atoms with van der Waals surface area (Å²) in [5, 5.41) is 21.6. The Morgan fingerprint density at radius 2 is 1.91 bits per heavy atom. The van der Waals surface area contributed by atoms with Crippen LogP contribution in [0.4, 0.5) is 4.79 Å². The summed E-state index contributed by atoms with van der Waals surface area (Å²) in [6, 6.07) is 14.1. The molecule has 35 heavy (non-hydrogen) atoms. The maximum Gasteiger partial charge on any atom is 0.411 e. The van der Waals surface area contributed by atoms with Crippen molar-refractivity contribution in [3.63, 3.8) is 0 Å². The molecule has 180 valence electrons. The highest BCUT2D eigenvalue weighted by Crippen LogP contribution is 2.43. The van der Waals surface area contributed by atoms with Crippen LogP contribution in [0.15, 0.2) is 42.6 Å². The molecule has 0 radical (unpaired) electrons. The van der Waals surface area contributed by atoms with Crippen molar-refractivity contribution in [3.05, 3.63) is 53.9 Å². The first kappa shape index (κ1) is 24.2. The summed E-state index contributed by atoms with van der Waals surface area (Å²) in [5.41, 5.74) is 2.41. The largest absolute Gasteiger partial charge is 0.444 e. The molecule has 4 rings (SSSR count). The van der Waals surface area contributed by atoms with Crippen molar-refractivity contribution in [2.75, 3.05) is 0 Å². The average Bonchev–Trinajstić information content (AvgIpc) is 3.45.